The summed E-state index contributed by atoms with van der Waals surface area (Å²) in [6, 6.07) is 13.1. The van der Waals surface area contributed by atoms with Gasteiger partial charge in [0.25, 0.3) is 0 Å². The van der Waals surface area contributed by atoms with Gasteiger partial charge in [-0.25, -0.2) is 0 Å². The van der Waals surface area contributed by atoms with Crippen LogP contribution in [0.5, 0.6) is 11.5 Å². The van der Waals surface area contributed by atoms with Crippen LogP contribution in [0.3, 0.4) is 0 Å². The molecule has 26 heavy (non-hydrogen) atoms. The maximum absolute atomic E-state index is 11.8. The Morgan fingerprint density at radius 3 is 2.65 bits per heavy atom. The number of carboxylic acid groups (broad SMARTS) is 1. The molecule has 0 amide bonds. The van der Waals surface area contributed by atoms with E-state index >= 15 is 0 Å². The number of rotatable bonds is 11. The van der Waals surface area contributed by atoms with Crippen molar-refractivity contribution in [2.45, 2.75) is 5.32 Å². The molecular weight excluding hydrogens is 403 g/mol. The van der Waals surface area contributed by atoms with Gasteiger partial charge in [-0.3, -0.25) is 0 Å². The van der Waals surface area contributed by atoms with E-state index in [1.165, 1.54) is 17.6 Å². The molecule has 7 nitrogen and oxygen atoms in total. The van der Waals surface area contributed by atoms with Crippen LogP contribution in [0.15, 0.2) is 47.6 Å². The van der Waals surface area contributed by atoms with Gasteiger partial charge >= 0.3 is 158 Å². The van der Waals surface area contributed by atoms with Gasteiger partial charge in [-0.05, 0) is 0 Å². The van der Waals surface area contributed by atoms with Crippen LogP contribution >= 0.6 is 0 Å². The number of nitrogens with zero attached hydrogens (tertiary/aromatic N) is 2. The number of carboxylic acids is 1. The molecule has 2 aromatic rings. The average Bonchev–Trinajstić information content (AvgIpc) is 2.65. The first kappa shape index (κ1) is 19.9. The van der Waals surface area contributed by atoms with Crippen molar-refractivity contribution in [2.24, 2.45) is 5.11 Å². The molecule has 0 aliphatic carbocycles. The summed E-state index contributed by atoms with van der Waals surface area (Å²) in [5, 5.41) is 13.2. The Bertz CT molecular complexity index is 740. The molecule has 0 spiro atoms. The van der Waals surface area contributed by atoms with Crippen LogP contribution in [0.4, 0.5) is 0 Å². The summed E-state index contributed by atoms with van der Waals surface area (Å²) in [5.74, 6) is -0.410. The van der Waals surface area contributed by atoms with Gasteiger partial charge in [0.1, 0.15) is 0 Å². The zero-order valence-corrected chi connectivity index (χ0v) is 16.0. The molecular formula is C18H19N2O5Se-. The first-order valence-electron chi connectivity index (χ1n) is 7.79. The normalized spacial score (nSPS) is 10.3. The van der Waals surface area contributed by atoms with Crippen LogP contribution in [0.1, 0.15) is 15.9 Å². The van der Waals surface area contributed by atoms with E-state index < -0.39 is 5.97 Å². The van der Waals surface area contributed by atoms with Crippen molar-refractivity contribution in [1.29, 1.82) is 0 Å². The van der Waals surface area contributed by atoms with Crippen molar-refractivity contribution in [3.05, 3.63) is 59.1 Å². The standard InChI is InChI=1S/C18H19N2O5Se/c1-23-12-25-16-10-14(24-8-7-20-19)9-13(17(16)18(21)22)11-26-15-5-3-2-4-6-15/h2-6,9-10H,7-8,11-12H2,1H3,(H,21,22)/q-1. The topological polar surface area (TPSA) is 99.6 Å². The number of methoxy groups -OCH3 is 1. The van der Waals surface area contributed by atoms with Gasteiger partial charge in [0.2, 0.25) is 0 Å². The van der Waals surface area contributed by atoms with Crippen molar-refractivity contribution in [2.75, 3.05) is 27.1 Å². The van der Waals surface area contributed by atoms with Crippen LogP contribution in [-0.2, 0) is 10.1 Å². The molecule has 2 rings (SSSR count). The zero-order chi connectivity index (χ0) is 18.8. The number of aromatic carboxylic acids is 1. The molecule has 0 saturated heterocycles. The van der Waals surface area contributed by atoms with E-state index in [-0.39, 0.29) is 46.2 Å². The monoisotopic (exact) mass is 423 g/mol. The second-order valence-electron chi connectivity index (χ2n) is 5.13. The number of carbonyl (C=O) groups is 1. The fourth-order valence-corrected chi connectivity index (χ4v) is 4.09. The Morgan fingerprint density at radius 1 is 1.23 bits per heavy atom. The average molecular weight is 422 g/mol. The molecule has 0 unspecified atom stereocenters. The SMILES string of the molecule is COCOc1cc(OCCN=[N-])cc(C[Se]c2ccccc2)c1C(=O)O. The van der Waals surface area contributed by atoms with Crippen molar-refractivity contribution >= 4 is 25.4 Å². The minimum absolute atomic E-state index is 0.0586. The van der Waals surface area contributed by atoms with E-state index in [9.17, 15) is 9.90 Å². The number of hydrogen-bond acceptors (Lipinski definition) is 5. The minimum atomic E-state index is -1.06. The molecule has 2 aromatic carbocycles. The number of hydrogen-bond donors (Lipinski definition) is 1. The van der Waals surface area contributed by atoms with Crippen LogP contribution in [0, 0.1) is 0 Å². The van der Waals surface area contributed by atoms with E-state index in [1.807, 2.05) is 30.3 Å². The summed E-state index contributed by atoms with van der Waals surface area (Å²) in [6.07, 6.45) is 0. The van der Waals surface area contributed by atoms with Gasteiger partial charge in [-0.1, -0.05) is 0 Å². The molecule has 0 fully saturated rings. The van der Waals surface area contributed by atoms with Gasteiger partial charge in [0.15, 0.2) is 0 Å². The van der Waals surface area contributed by atoms with Crippen molar-refractivity contribution in [3.63, 3.8) is 0 Å². The van der Waals surface area contributed by atoms with E-state index in [0.29, 0.717) is 16.6 Å². The molecule has 0 saturated carbocycles. The second kappa shape index (κ2) is 10.6. The number of benzene rings is 2. The van der Waals surface area contributed by atoms with Gasteiger partial charge in [-0.2, -0.15) is 0 Å². The molecule has 1 N–H and O–H groups in total. The molecule has 0 aliphatic heterocycles. The van der Waals surface area contributed by atoms with Crippen molar-refractivity contribution in [3.8, 4) is 11.5 Å². The zero-order valence-electron chi connectivity index (χ0n) is 14.3. The molecule has 138 valence electrons. The van der Waals surface area contributed by atoms with Crippen LogP contribution in [0.2, 0.25) is 0 Å². The summed E-state index contributed by atoms with van der Waals surface area (Å²) in [5.41, 5.74) is 9.27. The third-order valence-electron chi connectivity index (χ3n) is 3.30. The quantitative estimate of drug-likeness (QED) is 0.259. The Labute approximate surface area is 157 Å². The van der Waals surface area contributed by atoms with E-state index in [1.54, 1.807) is 6.07 Å². The van der Waals surface area contributed by atoms with E-state index in [4.69, 9.17) is 19.7 Å². The molecule has 0 aliphatic rings. The molecule has 0 aromatic heterocycles. The first-order chi connectivity index (χ1) is 12.7. The molecule has 0 radical (unpaired) electrons. The van der Waals surface area contributed by atoms with Gasteiger partial charge < -0.3 is 0 Å². The molecule has 0 heterocycles. The Hall–Kier alpha value is -2.41. The predicted molar refractivity (Wildman–Crippen MR) is 97.6 cm³/mol. The Balaban J connectivity index is 2.31. The van der Waals surface area contributed by atoms with Crippen molar-refractivity contribution < 1.29 is 24.1 Å². The number of ether oxygens (including phenoxy) is 3. The third-order valence-corrected chi connectivity index (χ3v) is 5.53. The summed E-state index contributed by atoms with van der Waals surface area (Å²) in [6.45, 7) is 0.229. The molecule has 0 bridgehead atoms. The predicted octanol–water partition coefficient (Wildman–Crippen LogP) is 2.30. The fourth-order valence-electron chi connectivity index (χ4n) is 2.20. The van der Waals surface area contributed by atoms with Crippen LogP contribution in [-0.4, -0.2) is 53.1 Å². The summed E-state index contributed by atoms with van der Waals surface area (Å²) < 4.78 is 17.0. The second-order valence-corrected chi connectivity index (χ2v) is 7.33. The summed E-state index contributed by atoms with van der Waals surface area (Å²) in [7, 11) is 1.46. The van der Waals surface area contributed by atoms with Crippen LogP contribution in [0.25, 0.3) is 5.53 Å². The Morgan fingerprint density at radius 2 is 2.00 bits per heavy atom. The van der Waals surface area contributed by atoms with Gasteiger partial charge in [0, 0.05) is 0 Å². The maximum atomic E-state index is 11.8. The van der Waals surface area contributed by atoms with E-state index in [2.05, 4.69) is 5.11 Å². The molecule has 0 atom stereocenters. The fraction of sp³-hybridized carbons (Fsp3) is 0.278. The van der Waals surface area contributed by atoms with E-state index in [0.717, 1.165) is 0 Å². The van der Waals surface area contributed by atoms with Crippen LogP contribution < -0.4 is 13.9 Å². The summed E-state index contributed by atoms with van der Waals surface area (Å²) in [4.78, 5) is 11.8. The summed E-state index contributed by atoms with van der Waals surface area (Å²) >= 11 is 0.0586. The van der Waals surface area contributed by atoms with Crippen molar-refractivity contribution in [1.82, 2.24) is 0 Å². The van der Waals surface area contributed by atoms with Gasteiger partial charge in [0.05, 0.1) is 0 Å². The Kier molecular flexibility index (Phi) is 8.08. The third kappa shape index (κ3) is 5.84. The first-order valence-corrected chi connectivity index (χ1v) is 9.86. The van der Waals surface area contributed by atoms with Gasteiger partial charge in [-0.15, -0.1) is 0 Å². The molecule has 8 heteroatoms.